The van der Waals surface area contributed by atoms with Gasteiger partial charge in [-0.15, -0.1) is 0 Å². The topological polar surface area (TPSA) is 12.0 Å². The molecule has 1 atom stereocenters. The molecule has 0 bridgehead atoms. The van der Waals surface area contributed by atoms with Crippen LogP contribution in [0.25, 0.3) is 0 Å². The maximum atomic E-state index is 13.1. The molecule has 90 valence electrons. The predicted octanol–water partition coefficient (Wildman–Crippen LogP) is 3.66. The fraction of sp³-hybridized carbons (Fsp3) is 0.538. The standard InChI is InChI=1S/C13H19F2N/c1-8(2)13(16-9(3)4)10-5-6-11(14)12(15)7-10/h5-9,13,16H,1-4H3. The molecular weight excluding hydrogens is 208 g/mol. The van der Waals surface area contributed by atoms with E-state index in [4.69, 9.17) is 0 Å². The molecule has 0 radical (unpaired) electrons. The molecular formula is C13H19F2N. The minimum atomic E-state index is -0.796. The summed E-state index contributed by atoms with van der Waals surface area (Å²) in [6.45, 7) is 8.19. The molecule has 1 unspecified atom stereocenters. The molecule has 1 nitrogen and oxygen atoms in total. The molecule has 1 N–H and O–H groups in total. The van der Waals surface area contributed by atoms with Crippen LogP contribution >= 0.6 is 0 Å². The van der Waals surface area contributed by atoms with Gasteiger partial charge in [-0.3, -0.25) is 0 Å². The molecule has 3 heteroatoms. The highest BCUT2D eigenvalue weighted by Crippen LogP contribution is 2.23. The zero-order valence-electron chi connectivity index (χ0n) is 10.2. The van der Waals surface area contributed by atoms with Crippen LogP contribution in [0.2, 0.25) is 0 Å². The minimum absolute atomic E-state index is 0.0510. The Hall–Kier alpha value is -0.960. The summed E-state index contributed by atoms with van der Waals surface area (Å²) in [6, 6.07) is 4.45. The molecule has 1 aromatic carbocycles. The Morgan fingerprint density at radius 3 is 2.06 bits per heavy atom. The van der Waals surface area contributed by atoms with Gasteiger partial charge in [-0.1, -0.05) is 33.8 Å². The van der Waals surface area contributed by atoms with Gasteiger partial charge in [-0.25, -0.2) is 8.78 Å². The van der Waals surface area contributed by atoms with Crippen molar-refractivity contribution in [1.82, 2.24) is 5.32 Å². The lowest BCUT2D eigenvalue weighted by Gasteiger charge is -2.25. The molecule has 0 aromatic heterocycles. The van der Waals surface area contributed by atoms with Crippen LogP contribution in [0, 0.1) is 17.6 Å². The van der Waals surface area contributed by atoms with Crippen LogP contribution in [0.5, 0.6) is 0 Å². The van der Waals surface area contributed by atoms with Crippen LogP contribution in [-0.4, -0.2) is 6.04 Å². The second-order valence-corrected chi connectivity index (χ2v) is 4.72. The lowest BCUT2D eigenvalue weighted by molar-refractivity contribution is 0.378. The lowest BCUT2D eigenvalue weighted by atomic mass is 9.95. The quantitative estimate of drug-likeness (QED) is 0.827. The Morgan fingerprint density at radius 2 is 1.62 bits per heavy atom. The van der Waals surface area contributed by atoms with E-state index in [-0.39, 0.29) is 6.04 Å². The summed E-state index contributed by atoms with van der Waals surface area (Å²) in [5, 5.41) is 3.35. The third kappa shape index (κ3) is 3.27. The van der Waals surface area contributed by atoms with Gasteiger partial charge in [0, 0.05) is 12.1 Å². The fourth-order valence-corrected chi connectivity index (χ4v) is 1.74. The number of halogens is 2. The van der Waals surface area contributed by atoms with Gasteiger partial charge in [0.1, 0.15) is 0 Å². The van der Waals surface area contributed by atoms with E-state index in [1.807, 2.05) is 13.8 Å². The highest BCUT2D eigenvalue weighted by molar-refractivity contribution is 5.21. The van der Waals surface area contributed by atoms with Crippen molar-refractivity contribution in [3.63, 3.8) is 0 Å². The van der Waals surface area contributed by atoms with E-state index in [2.05, 4.69) is 19.2 Å². The van der Waals surface area contributed by atoms with Crippen molar-refractivity contribution >= 4 is 0 Å². The first-order valence-electron chi connectivity index (χ1n) is 5.62. The summed E-state index contributed by atoms with van der Waals surface area (Å²) in [4.78, 5) is 0. The summed E-state index contributed by atoms with van der Waals surface area (Å²) in [6.07, 6.45) is 0. The van der Waals surface area contributed by atoms with Gasteiger partial charge in [-0.05, 0) is 23.6 Å². The minimum Gasteiger partial charge on any atom is -0.307 e. The molecule has 0 fully saturated rings. The molecule has 1 rings (SSSR count). The largest absolute Gasteiger partial charge is 0.307 e. The van der Waals surface area contributed by atoms with Crippen molar-refractivity contribution in [3.8, 4) is 0 Å². The third-order valence-corrected chi connectivity index (χ3v) is 2.48. The first-order valence-corrected chi connectivity index (χ1v) is 5.62. The van der Waals surface area contributed by atoms with Crippen LogP contribution < -0.4 is 5.32 Å². The van der Waals surface area contributed by atoms with Gasteiger partial charge in [0.25, 0.3) is 0 Å². The average molecular weight is 227 g/mol. The predicted molar refractivity (Wildman–Crippen MR) is 62.2 cm³/mol. The maximum Gasteiger partial charge on any atom is 0.159 e. The van der Waals surface area contributed by atoms with Crippen molar-refractivity contribution in [2.45, 2.75) is 39.8 Å². The number of nitrogens with one attached hydrogen (secondary N) is 1. The van der Waals surface area contributed by atoms with E-state index in [1.165, 1.54) is 12.1 Å². The van der Waals surface area contributed by atoms with Gasteiger partial charge in [-0.2, -0.15) is 0 Å². The highest BCUT2D eigenvalue weighted by atomic mass is 19.2. The number of benzene rings is 1. The number of rotatable bonds is 4. The van der Waals surface area contributed by atoms with E-state index in [0.29, 0.717) is 12.0 Å². The first kappa shape index (κ1) is 13.1. The van der Waals surface area contributed by atoms with Crippen LogP contribution in [0.4, 0.5) is 8.78 Å². The molecule has 1 aromatic rings. The fourth-order valence-electron chi connectivity index (χ4n) is 1.74. The first-order chi connectivity index (χ1) is 7.41. The Bertz CT molecular complexity index is 348. The second-order valence-electron chi connectivity index (χ2n) is 4.72. The zero-order valence-corrected chi connectivity index (χ0v) is 10.2. The smallest absolute Gasteiger partial charge is 0.159 e. The summed E-state index contributed by atoms with van der Waals surface area (Å²) in [5.41, 5.74) is 0.794. The molecule has 0 aliphatic carbocycles. The summed E-state index contributed by atoms with van der Waals surface area (Å²) < 4.78 is 26.0. The van der Waals surface area contributed by atoms with E-state index >= 15 is 0 Å². The molecule has 16 heavy (non-hydrogen) atoms. The van der Waals surface area contributed by atoms with Gasteiger partial charge >= 0.3 is 0 Å². The normalized spacial score (nSPS) is 13.5. The Kier molecular flexibility index (Phi) is 4.42. The molecule has 0 aliphatic heterocycles. The van der Waals surface area contributed by atoms with E-state index in [1.54, 1.807) is 6.07 Å². The van der Waals surface area contributed by atoms with Crippen LogP contribution in [0.15, 0.2) is 18.2 Å². The lowest BCUT2D eigenvalue weighted by Crippen LogP contribution is -2.31. The highest BCUT2D eigenvalue weighted by Gasteiger charge is 2.17. The van der Waals surface area contributed by atoms with Crippen molar-refractivity contribution in [2.24, 2.45) is 5.92 Å². The molecule has 0 spiro atoms. The number of hydrogen-bond donors (Lipinski definition) is 1. The maximum absolute atomic E-state index is 13.1. The second kappa shape index (κ2) is 5.39. The molecule has 0 saturated carbocycles. The van der Waals surface area contributed by atoms with Gasteiger partial charge in [0.15, 0.2) is 11.6 Å². The Balaban J connectivity index is 2.97. The monoisotopic (exact) mass is 227 g/mol. The summed E-state index contributed by atoms with van der Waals surface area (Å²) >= 11 is 0. The number of hydrogen-bond acceptors (Lipinski definition) is 1. The van der Waals surface area contributed by atoms with E-state index in [9.17, 15) is 8.78 Å². The van der Waals surface area contributed by atoms with E-state index in [0.717, 1.165) is 5.56 Å². The van der Waals surface area contributed by atoms with Crippen LogP contribution in [-0.2, 0) is 0 Å². The average Bonchev–Trinajstić information content (AvgIpc) is 2.18. The molecule has 0 heterocycles. The van der Waals surface area contributed by atoms with Crippen molar-refractivity contribution in [3.05, 3.63) is 35.4 Å². The SMILES string of the molecule is CC(C)NC(c1ccc(F)c(F)c1)C(C)C. The Morgan fingerprint density at radius 1 is 1.00 bits per heavy atom. The van der Waals surface area contributed by atoms with Crippen molar-refractivity contribution < 1.29 is 8.78 Å². The molecule has 0 amide bonds. The van der Waals surface area contributed by atoms with Gasteiger partial charge < -0.3 is 5.32 Å². The van der Waals surface area contributed by atoms with Crippen molar-refractivity contribution in [1.29, 1.82) is 0 Å². The molecule has 0 saturated heterocycles. The van der Waals surface area contributed by atoms with Crippen LogP contribution in [0.3, 0.4) is 0 Å². The van der Waals surface area contributed by atoms with E-state index < -0.39 is 11.6 Å². The summed E-state index contributed by atoms with van der Waals surface area (Å²) in [5.74, 6) is -1.25. The zero-order chi connectivity index (χ0) is 12.3. The molecule has 0 aliphatic rings. The third-order valence-electron chi connectivity index (χ3n) is 2.48. The van der Waals surface area contributed by atoms with Crippen LogP contribution in [0.1, 0.15) is 39.3 Å². The van der Waals surface area contributed by atoms with Crippen molar-refractivity contribution in [2.75, 3.05) is 0 Å². The summed E-state index contributed by atoms with van der Waals surface area (Å²) in [7, 11) is 0. The Labute approximate surface area is 95.9 Å². The van der Waals surface area contributed by atoms with Gasteiger partial charge in [0.05, 0.1) is 0 Å². The van der Waals surface area contributed by atoms with Gasteiger partial charge in [0.2, 0.25) is 0 Å².